The topological polar surface area (TPSA) is 66.5 Å². The number of sulfonamides is 1. The Labute approximate surface area is 151 Å². The number of nitrogens with one attached hydrogen (secondary N) is 1. The second-order valence-electron chi connectivity index (χ2n) is 5.53. The summed E-state index contributed by atoms with van der Waals surface area (Å²) in [6, 6.07) is 12.2. The third kappa shape index (κ3) is 6.45. The van der Waals surface area contributed by atoms with Crippen LogP contribution >= 0.6 is 11.6 Å². The van der Waals surface area contributed by atoms with Crippen LogP contribution in [0.2, 0.25) is 5.02 Å². The monoisotopic (exact) mass is 384 g/mol. The lowest BCUT2D eigenvalue weighted by molar-refractivity contribution is -0.116. The van der Waals surface area contributed by atoms with Gasteiger partial charge in [-0.1, -0.05) is 23.7 Å². The van der Waals surface area contributed by atoms with Crippen LogP contribution in [0.3, 0.4) is 0 Å². The molecule has 2 rings (SSSR count). The fourth-order valence-electron chi connectivity index (χ4n) is 2.14. The van der Waals surface area contributed by atoms with Crippen molar-refractivity contribution in [2.45, 2.75) is 13.0 Å². The van der Waals surface area contributed by atoms with E-state index in [1.807, 2.05) is 0 Å². The third-order valence-corrected chi connectivity index (χ3v) is 4.96. The van der Waals surface area contributed by atoms with Gasteiger partial charge in [0.25, 0.3) is 0 Å². The van der Waals surface area contributed by atoms with Crippen molar-refractivity contribution in [2.24, 2.45) is 0 Å². The summed E-state index contributed by atoms with van der Waals surface area (Å²) in [6.45, 7) is 0.100. The van der Waals surface area contributed by atoms with Crippen molar-refractivity contribution in [1.29, 1.82) is 0 Å². The molecule has 0 heterocycles. The van der Waals surface area contributed by atoms with E-state index < -0.39 is 15.8 Å². The minimum absolute atomic E-state index is 0.00308. The number of nitrogens with zero attached hydrogens (tertiary/aromatic N) is 1. The molecule has 5 nitrogen and oxygen atoms in total. The molecule has 134 valence electrons. The molecule has 0 aliphatic rings. The average molecular weight is 385 g/mol. The Morgan fingerprint density at radius 2 is 1.72 bits per heavy atom. The van der Waals surface area contributed by atoms with Crippen LogP contribution in [0.25, 0.3) is 0 Å². The van der Waals surface area contributed by atoms with E-state index in [-0.39, 0.29) is 25.4 Å². The molecule has 2 aromatic rings. The first-order valence-electron chi connectivity index (χ1n) is 7.49. The van der Waals surface area contributed by atoms with Gasteiger partial charge in [0.15, 0.2) is 0 Å². The normalized spacial score (nSPS) is 11.5. The predicted octanol–water partition coefficient (Wildman–Crippen LogP) is 3.27. The van der Waals surface area contributed by atoms with Gasteiger partial charge < -0.3 is 5.32 Å². The summed E-state index contributed by atoms with van der Waals surface area (Å²) in [4.78, 5) is 12.0. The molecule has 0 saturated heterocycles. The fourth-order valence-corrected chi connectivity index (χ4v) is 3.07. The standard InChI is InChI=1S/C17H18ClFN2O3S/c1-25(23,24)21(12-13-2-6-15(19)7-3-13)11-10-17(22)20-16-8-4-14(18)5-9-16/h2-9H,10-12H2,1H3,(H,20,22). The number of benzene rings is 2. The summed E-state index contributed by atoms with van der Waals surface area (Å²) < 4.78 is 38.0. The summed E-state index contributed by atoms with van der Waals surface area (Å²) >= 11 is 5.78. The molecule has 0 radical (unpaired) electrons. The van der Waals surface area contributed by atoms with E-state index in [4.69, 9.17) is 11.6 Å². The van der Waals surface area contributed by atoms with Gasteiger partial charge in [0.05, 0.1) is 6.26 Å². The molecule has 0 atom stereocenters. The zero-order valence-corrected chi connectivity index (χ0v) is 15.1. The average Bonchev–Trinajstić information content (AvgIpc) is 2.54. The number of amides is 1. The highest BCUT2D eigenvalue weighted by Gasteiger charge is 2.18. The van der Waals surface area contributed by atoms with E-state index in [2.05, 4.69) is 5.32 Å². The zero-order chi connectivity index (χ0) is 18.4. The van der Waals surface area contributed by atoms with Gasteiger partial charge in [0.2, 0.25) is 15.9 Å². The predicted molar refractivity (Wildman–Crippen MR) is 96.4 cm³/mol. The molecular formula is C17H18ClFN2O3S. The molecule has 25 heavy (non-hydrogen) atoms. The van der Waals surface area contributed by atoms with Crippen LogP contribution in [0.15, 0.2) is 48.5 Å². The van der Waals surface area contributed by atoms with Gasteiger partial charge in [0, 0.05) is 30.2 Å². The zero-order valence-electron chi connectivity index (χ0n) is 13.6. The van der Waals surface area contributed by atoms with Crippen molar-refractivity contribution in [1.82, 2.24) is 4.31 Å². The second-order valence-corrected chi connectivity index (χ2v) is 7.95. The van der Waals surface area contributed by atoms with Crippen LogP contribution in [0.5, 0.6) is 0 Å². The third-order valence-electron chi connectivity index (χ3n) is 3.46. The van der Waals surface area contributed by atoms with Gasteiger partial charge in [0.1, 0.15) is 5.82 Å². The summed E-state index contributed by atoms with van der Waals surface area (Å²) in [7, 11) is -3.51. The lowest BCUT2D eigenvalue weighted by Gasteiger charge is -2.20. The van der Waals surface area contributed by atoms with Gasteiger partial charge in [-0.2, -0.15) is 4.31 Å². The molecule has 0 unspecified atom stereocenters. The Morgan fingerprint density at radius 3 is 2.28 bits per heavy atom. The van der Waals surface area contributed by atoms with E-state index in [0.29, 0.717) is 16.3 Å². The van der Waals surface area contributed by atoms with Crippen molar-refractivity contribution < 1.29 is 17.6 Å². The molecule has 0 aromatic heterocycles. The van der Waals surface area contributed by atoms with Crippen LogP contribution in [0.1, 0.15) is 12.0 Å². The number of carbonyl (C=O) groups excluding carboxylic acids is 1. The van der Waals surface area contributed by atoms with Crippen molar-refractivity contribution in [3.63, 3.8) is 0 Å². The lowest BCUT2D eigenvalue weighted by Crippen LogP contribution is -2.32. The molecule has 2 aromatic carbocycles. The Bertz CT molecular complexity index is 824. The maximum absolute atomic E-state index is 13.0. The largest absolute Gasteiger partial charge is 0.326 e. The number of halogens is 2. The highest BCUT2D eigenvalue weighted by Crippen LogP contribution is 2.14. The molecule has 8 heteroatoms. The molecule has 0 aliphatic carbocycles. The Kier molecular flexibility index (Phi) is 6.52. The maximum atomic E-state index is 13.0. The van der Waals surface area contributed by atoms with Crippen LogP contribution in [-0.4, -0.2) is 31.4 Å². The summed E-state index contributed by atoms with van der Waals surface area (Å²) in [5, 5.41) is 3.23. The van der Waals surface area contributed by atoms with Gasteiger partial charge in [-0.15, -0.1) is 0 Å². The first kappa shape index (κ1) is 19.4. The molecule has 0 spiro atoms. The maximum Gasteiger partial charge on any atom is 0.225 e. The Morgan fingerprint density at radius 1 is 1.12 bits per heavy atom. The molecule has 0 saturated carbocycles. The van der Waals surface area contributed by atoms with E-state index in [0.717, 1.165) is 6.26 Å². The van der Waals surface area contributed by atoms with Crippen LogP contribution in [-0.2, 0) is 21.4 Å². The quantitative estimate of drug-likeness (QED) is 0.796. The van der Waals surface area contributed by atoms with E-state index in [1.54, 1.807) is 24.3 Å². The number of carbonyl (C=O) groups is 1. The van der Waals surface area contributed by atoms with Crippen LogP contribution in [0, 0.1) is 5.82 Å². The van der Waals surface area contributed by atoms with E-state index in [9.17, 15) is 17.6 Å². The van der Waals surface area contributed by atoms with Gasteiger partial charge in [-0.25, -0.2) is 12.8 Å². The van der Waals surface area contributed by atoms with Crippen molar-refractivity contribution in [3.05, 3.63) is 64.9 Å². The fraction of sp³-hybridized carbons (Fsp3) is 0.235. The summed E-state index contributed by atoms with van der Waals surface area (Å²) in [6.07, 6.45) is 1.07. The molecule has 1 N–H and O–H groups in total. The molecular weight excluding hydrogens is 367 g/mol. The highest BCUT2D eigenvalue weighted by atomic mass is 35.5. The van der Waals surface area contributed by atoms with Gasteiger partial charge in [-0.05, 0) is 42.0 Å². The second kappa shape index (κ2) is 8.42. The Balaban J connectivity index is 1.96. The van der Waals surface area contributed by atoms with Crippen molar-refractivity contribution >= 4 is 33.2 Å². The highest BCUT2D eigenvalue weighted by molar-refractivity contribution is 7.88. The first-order chi connectivity index (χ1) is 11.7. The number of hydrogen-bond donors (Lipinski definition) is 1. The smallest absolute Gasteiger partial charge is 0.225 e. The minimum atomic E-state index is -3.51. The molecule has 1 amide bonds. The van der Waals surface area contributed by atoms with Crippen molar-refractivity contribution in [3.8, 4) is 0 Å². The van der Waals surface area contributed by atoms with Crippen molar-refractivity contribution in [2.75, 3.05) is 18.1 Å². The molecule has 0 bridgehead atoms. The minimum Gasteiger partial charge on any atom is -0.326 e. The summed E-state index contributed by atoms with van der Waals surface area (Å²) in [5.74, 6) is -0.702. The van der Waals surface area contributed by atoms with E-state index >= 15 is 0 Å². The number of hydrogen-bond acceptors (Lipinski definition) is 3. The van der Waals surface area contributed by atoms with E-state index in [1.165, 1.54) is 28.6 Å². The Hall–Kier alpha value is -1.96. The first-order valence-corrected chi connectivity index (χ1v) is 9.71. The van der Waals surface area contributed by atoms with Gasteiger partial charge in [-0.3, -0.25) is 4.79 Å². The lowest BCUT2D eigenvalue weighted by atomic mass is 10.2. The van der Waals surface area contributed by atoms with Gasteiger partial charge >= 0.3 is 0 Å². The molecule has 0 fully saturated rings. The number of rotatable bonds is 7. The summed E-state index contributed by atoms with van der Waals surface area (Å²) in [5.41, 5.74) is 1.23. The van der Waals surface area contributed by atoms with Crippen LogP contribution in [0.4, 0.5) is 10.1 Å². The number of anilines is 1. The van der Waals surface area contributed by atoms with Crippen LogP contribution < -0.4 is 5.32 Å². The molecule has 0 aliphatic heterocycles. The SMILES string of the molecule is CS(=O)(=O)N(CCC(=O)Nc1ccc(Cl)cc1)Cc1ccc(F)cc1.